The fraction of sp³-hybridized carbons (Fsp3) is 0.318. The zero-order chi connectivity index (χ0) is 18.3. The van der Waals surface area contributed by atoms with E-state index in [2.05, 4.69) is 5.32 Å². The number of rotatable bonds is 2. The van der Waals surface area contributed by atoms with E-state index in [1.54, 1.807) is 12.1 Å². The van der Waals surface area contributed by atoms with Crippen molar-refractivity contribution in [3.05, 3.63) is 65.2 Å². The number of nitrogens with one attached hydrogen (secondary N) is 1. The lowest BCUT2D eigenvalue weighted by Gasteiger charge is -2.33. The van der Waals surface area contributed by atoms with Crippen molar-refractivity contribution in [1.82, 2.24) is 5.32 Å². The molecule has 1 heterocycles. The minimum absolute atomic E-state index is 0.182. The van der Waals surface area contributed by atoms with E-state index < -0.39 is 5.54 Å². The third-order valence-electron chi connectivity index (χ3n) is 5.74. The van der Waals surface area contributed by atoms with E-state index in [0.717, 1.165) is 54.4 Å². The molecule has 1 spiro atoms. The van der Waals surface area contributed by atoms with Crippen molar-refractivity contribution in [2.24, 2.45) is 0 Å². The fourth-order valence-electron chi connectivity index (χ4n) is 4.30. The van der Waals surface area contributed by atoms with Crippen molar-refractivity contribution in [3.8, 4) is 11.1 Å². The van der Waals surface area contributed by atoms with E-state index in [1.807, 2.05) is 25.1 Å². The highest BCUT2D eigenvalue weighted by Crippen LogP contribution is 2.42. The Kier molecular flexibility index (Phi) is 4.06. The maximum atomic E-state index is 13.2. The van der Waals surface area contributed by atoms with Gasteiger partial charge in [0.15, 0.2) is 0 Å². The van der Waals surface area contributed by atoms with Crippen LogP contribution in [0.5, 0.6) is 0 Å². The van der Waals surface area contributed by atoms with Gasteiger partial charge < -0.3 is 10.4 Å². The molecule has 0 radical (unpaired) electrons. The molecule has 134 valence electrons. The van der Waals surface area contributed by atoms with Crippen LogP contribution in [0, 0.1) is 12.7 Å². The quantitative estimate of drug-likeness (QED) is 0.808. The van der Waals surface area contributed by atoms with Gasteiger partial charge in [0.2, 0.25) is 0 Å². The van der Waals surface area contributed by atoms with Crippen LogP contribution in [0.4, 0.5) is 4.39 Å². The topological polar surface area (TPSA) is 49.3 Å². The molecular weight excluding hydrogens is 329 g/mol. The summed E-state index contributed by atoms with van der Waals surface area (Å²) in [4.78, 5) is 12.7. The molecule has 2 N–H and O–H groups in total. The smallest absolute Gasteiger partial charge is 0.256 e. The van der Waals surface area contributed by atoms with E-state index >= 15 is 0 Å². The van der Waals surface area contributed by atoms with Gasteiger partial charge in [-0.1, -0.05) is 49.6 Å². The zero-order valence-corrected chi connectivity index (χ0v) is 14.8. The van der Waals surface area contributed by atoms with Crippen molar-refractivity contribution in [2.45, 2.75) is 44.6 Å². The van der Waals surface area contributed by atoms with Crippen LogP contribution in [0.1, 0.15) is 43.2 Å². The standard InChI is InChI=1S/C22H22FNO2/c1-14-17(15-8-10-16(23)11-9-15)6-5-7-18(14)19-20(25)22(24-21(19)26)12-3-2-4-13-22/h5-11,25H,2-4,12-13H2,1H3,(H,24,26). The van der Waals surface area contributed by atoms with Crippen LogP contribution in [-0.2, 0) is 4.79 Å². The van der Waals surface area contributed by atoms with E-state index in [0.29, 0.717) is 5.57 Å². The molecule has 4 rings (SSSR count). The number of halogens is 1. The molecular formula is C22H22FNO2. The highest BCUT2D eigenvalue weighted by Gasteiger charge is 2.46. The molecule has 0 aromatic heterocycles. The number of hydrogen-bond donors (Lipinski definition) is 2. The van der Waals surface area contributed by atoms with E-state index in [9.17, 15) is 14.3 Å². The number of aliphatic hydroxyl groups is 1. The summed E-state index contributed by atoms with van der Waals surface area (Å²) in [6.07, 6.45) is 4.72. The van der Waals surface area contributed by atoms with Crippen molar-refractivity contribution >= 4 is 11.5 Å². The Morgan fingerprint density at radius 3 is 2.35 bits per heavy atom. The molecule has 0 unspecified atom stereocenters. The average Bonchev–Trinajstić information content (AvgIpc) is 2.87. The number of aliphatic hydroxyl groups excluding tert-OH is 1. The second kappa shape index (κ2) is 6.27. The molecule has 0 bridgehead atoms. The molecule has 4 heteroatoms. The Bertz CT molecular complexity index is 893. The van der Waals surface area contributed by atoms with Crippen LogP contribution in [0.25, 0.3) is 16.7 Å². The molecule has 1 saturated carbocycles. The largest absolute Gasteiger partial charge is 0.509 e. The minimum Gasteiger partial charge on any atom is -0.509 e. The summed E-state index contributed by atoms with van der Waals surface area (Å²) in [7, 11) is 0. The molecule has 1 fully saturated rings. The normalized spacial score (nSPS) is 19.1. The minimum atomic E-state index is -0.594. The van der Waals surface area contributed by atoms with Gasteiger partial charge in [-0.15, -0.1) is 0 Å². The first-order chi connectivity index (χ1) is 12.5. The van der Waals surface area contributed by atoms with Crippen molar-refractivity contribution < 1.29 is 14.3 Å². The Morgan fingerprint density at radius 2 is 1.65 bits per heavy atom. The van der Waals surface area contributed by atoms with Gasteiger partial charge in [-0.05, 0) is 54.2 Å². The lowest BCUT2D eigenvalue weighted by Crippen LogP contribution is -2.46. The summed E-state index contributed by atoms with van der Waals surface area (Å²) >= 11 is 0. The summed E-state index contributed by atoms with van der Waals surface area (Å²) in [5.74, 6) is -0.303. The Morgan fingerprint density at radius 1 is 1.00 bits per heavy atom. The first kappa shape index (κ1) is 16.8. The van der Waals surface area contributed by atoms with Crippen molar-refractivity contribution in [1.29, 1.82) is 0 Å². The predicted octanol–water partition coefficient (Wildman–Crippen LogP) is 4.90. The van der Waals surface area contributed by atoms with Crippen LogP contribution < -0.4 is 5.32 Å². The lowest BCUT2D eigenvalue weighted by molar-refractivity contribution is -0.116. The van der Waals surface area contributed by atoms with Gasteiger partial charge in [0.25, 0.3) is 5.91 Å². The maximum absolute atomic E-state index is 13.2. The molecule has 0 atom stereocenters. The predicted molar refractivity (Wildman–Crippen MR) is 100 cm³/mol. The molecule has 1 aliphatic heterocycles. The van der Waals surface area contributed by atoms with Crippen LogP contribution in [0.2, 0.25) is 0 Å². The van der Waals surface area contributed by atoms with E-state index in [1.165, 1.54) is 12.1 Å². The first-order valence-corrected chi connectivity index (χ1v) is 9.14. The van der Waals surface area contributed by atoms with Gasteiger partial charge >= 0.3 is 0 Å². The lowest BCUT2D eigenvalue weighted by atomic mass is 9.80. The molecule has 3 nitrogen and oxygen atoms in total. The van der Waals surface area contributed by atoms with E-state index in [-0.39, 0.29) is 17.5 Å². The maximum Gasteiger partial charge on any atom is 0.256 e. The highest BCUT2D eigenvalue weighted by atomic mass is 19.1. The highest BCUT2D eigenvalue weighted by molar-refractivity contribution is 6.23. The van der Waals surface area contributed by atoms with E-state index in [4.69, 9.17) is 0 Å². The number of carbonyl (C=O) groups excluding carboxylic acids is 1. The SMILES string of the molecule is Cc1c(C2=C(O)C3(CCCCC3)NC2=O)cccc1-c1ccc(F)cc1. The molecule has 26 heavy (non-hydrogen) atoms. The molecule has 2 aromatic carbocycles. The third-order valence-corrected chi connectivity index (χ3v) is 5.74. The van der Waals surface area contributed by atoms with Crippen LogP contribution in [-0.4, -0.2) is 16.6 Å². The van der Waals surface area contributed by atoms with Gasteiger partial charge in [-0.3, -0.25) is 4.79 Å². The second-order valence-corrected chi connectivity index (χ2v) is 7.31. The molecule has 2 aromatic rings. The summed E-state index contributed by atoms with van der Waals surface area (Å²) in [5, 5.41) is 14.0. The fourth-order valence-corrected chi connectivity index (χ4v) is 4.30. The second-order valence-electron chi connectivity index (χ2n) is 7.31. The molecule has 1 aliphatic carbocycles. The molecule has 1 amide bonds. The zero-order valence-electron chi connectivity index (χ0n) is 14.8. The Labute approximate surface area is 152 Å². The van der Waals surface area contributed by atoms with Gasteiger partial charge in [0.05, 0.1) is 11.1 Å². The average molecular weight is 351 g/mol. The summed E-state index contributed by atoms with van der Waals surface area (Å²) in [5.41, 5.74) is 3.25. The molecule has 2 aliphatic rings. The summed E-state index contributed by atoms with van der Waals surface area (Å²) in [6, 6.07) is 12.0. The van der Waals surface area contributed by atoms with Crippen molar-refractivity contribution in [3.63, 3.8) is 0 Å². The van der Waals surface area contributed by atoms with Crippen LogP contribution in [0.3, 0.4) is 0 Å². The van der Waals surface area contributed by atoms with Crippen LogP contribution in [0.15, 0.2) is 48.2 Å². The number of benzene rings is 2. The third kappa shape index (κ3) is 2.61. The van der Waals surface area contributed by atoms with Crippen LogP contribution >= 0.6 is 0 Å². The monoisotopic (exact) mass is 351 g/mol. The number of carbonyl (C=O) groups is 1. The van der Waals surface area contributed by atoms with Gasteiger partial charge in [0, 0.05) is 0 Å². The van der Waals surface area contributed by atoms with Gasteiger partial charge in [-0.2, -0.15) is 0 Å². The van der Waals surface area contributed by atoms with Gasteiger partial charge in [-0.25, -0.2) is 4.39 Å². The Balaban J connectivity index is 1.82. The molecule has 0 saturated heterocycles. The summed E-state index contributed by atoms with van der Waals surface area (Å²) in [6.45, 7) is 1.94. The van der Waals surface area contributed by atoms with Crippen molar-refractivity contribution in [2.75, 3.05) is 0 Å². The van der Waals surface area contributed by atoms with Gasteiger partial charge in [0.1, 0.15) is 11.6 Å². The summed E-state index contributed by atoms with van der Waals surface area (Å²) < 4.78 is 13.2. The first-order valence-electron chi connectivity index (χ1n) is 9.14. The number of amides is 1. The Hall–Kier alpha value is -2.62. The number of hydrogen-bond acceptors (Lipinski definition) is 2.